The minimum absolute atomic E-state index is 0.0701. The van der Waals surface area contributed by atoms with Gasteiger partial charge in [0.2, 0.25) is 7.07 Å². The topological polar surface area (TPSA) is 130 Å². The Labute approximate surface area is 215 Å². The third-order valence-electron chi connectivity index (χ3n) is 4.42. The molecule has 0 amide bonds. The van der Waals surface area contributed by atoms with Gasteiger partial charge in [0.05, 0.1) is 13.7 Å². The molecule has 0 aromatic heterocycles. The van der Waals surface area contributed by atoms with Gasteiger partial charge in [0.15, 0.2) is 0 Å². The Morgan fingerprint density at radius 3 is 2.37 bits per heavy atom. The molecular weight excluding hydrogens is 567 g/mol. The molecule has 0 spiro atoms. The summed E-state index contributed by atoms with van der Waals surface area (Å²) in [5, 5.41) is 7.35. The molecular formula is C18H27N6O5P5S. The highest BCUT2D eigenvalue weighted by Gasteiger charge is 2.34. The van der Waals surface area contributed by atoms with E-state index >= 15 is 0 Å². The van der Waals surface area contributed by atoms with E-state index < -0.39 is 27.9 Å². The van der Waals surface area contributed by atoms with Crippen molar-refractivity contribution in [1.82, 2.24) is 10.1 Å². The van der Waals surface area contributed by atoms with Crippen LogP contribution in [0.3, 0.4) is 0 Å². The summed E-state index contributed by atoms with van der Waals surface area (Å²) in [6.45, 7) is 0. The van der Waals surface area contributed by atoms with Crippen LogP contribution in [0.15, 0.2) is 58.5 Å². The molecule has 0 heterocycles. The molecule has 11 nitrogen and oxygen atoms in total. The smallest absolute Gasteiger partial charge is 0.351 e. The second-order valence-electron chi connectivity index (χ2n) is 6.59. The third kappa shape index (κ3) is 9.35. The van der Waals surface area contributed by atoms with Crippen LogP contribution in [-0.2, 0) is 25.4 Å². The molecule has 2 rings (SSSR count). The highest BCUT2D eigenvalue weighted by molar-refractivity contribution is 8.46. The van der Waals surface area contributed by atoms with Crippen LogP contribution in [0, 0.1) is 0 Å². The SMILES string of the molecule is CNC(c1ccc(O[PH](=S)N(C)/N=C/c2ccc(OPP(P)N=[N+]=[N-])cc2)cc1)P(=O)(OC)OC. The molecule has 0 aliphatic rings. The Morgan fingerprint density at radius 2 is 1.83 bits per heavy atom. The third-order valence-corrected chi connectivity index (χ3v) is 11.9. The first-order valence-electron chi connectivity index (χ1n) is 9.86. The van der Waals surface area contributed by atoms with Gasteiger partial charge in [-0.25, -0.2) is 4.78 Å². The molecule has 0 fully saturated rings. The molecule has 17 heteroatoms. The number of nitrogens with one attached hydrogen (secondary N) is 1. The Balaban J connectivity index is 1.95. The highest BCUT2D eigenvalue weighted by atomic mass is 32.4. The van der Waals surface area contributed by atoms with E-state index in [-0.39, 0.29) is 8.50 Å². The average molecular weight is 594 g/mol. The maximum Gasteiger partial charge on any atom is 0.351 e. The van der Waals surface area contributed by atoms with E-state index in [1.54, 1.807) is 49.4 Å². The van der Waals surface area contributed by atoms with Crippen molar-refractivity contribution in [2.24, 2.45) is 9.99 Å². The molecule has 0 saturated heterocycles. The molecule has 0 aliphatic heterocycles. The van der Waals surface area contributed by atoms with Crippen LogP contribution in [0.4, 0.5) is 0 Å². The largest absolute Gasteiger partial charge is 0.472 e. The van der Waals surface area contributed by atoms with Crippen molar-refractivity contribution in [3.63, 3.8) is 0 Å². The molecule has 0 radical (unpaired) electrons. The minimum Gasteiger partial charge on any atom is -0.472 e. The lowest BCUT2D eigenvalue weighted by molar-refractivity contribution is 0.261. The standard InChI is InChI=1S/C18H27N6O5P5S/c1-20-18(34(25,26-3)27-4)15-7-11-17(12-8-15)29-33(35)24(2)21-13-14-5-9-16(10-6-14)28-31-32(30)23-22-19/h5-13,18,20,31,33H,30H2,1-4H3/b21-13+. The van der Waals surface area contributed by atoms with Crippen LogP contribution >= 0.6 is 39.5 Å². The maximum absolute atomic E-state index is 12.7. The fourth-order valence-electron chi connectivity index (χ4n) is 2.66. The van der Waals surface area contributed by atoms with Crippen molar-refractivity contribution in [3.8, 4) is 11.5 Å². The Bertz CT molecular complexity index is 1100. The molecule has 0 saturated carbocycles. The summed E-state index contributed by atoms with van der Waals surface area (Å²) < 4.78 is 36.1. The summed E-state index contributed by atoms with van der Waals surface area (Å²) in [5.41, 5.74) is 10.0. The van der Waals surface area contributed by atoms with Crippen LogP contribution < -0.4 is 14.4 Å². The summed E-state index contributed by atoms with van der Waals surface area (Å²) >= 11 is 5.50. The molecule has 5 unspecified atom stereocenters. The van der Waals surface area contributed by atoms with Crippen molar-refractivity contribution >= 4 is 57.6 Å². The average Bonchev–Trinajstić information content (AvgIpc) is 2.88. The summed E-state index contributed by atoms with van der Waals surface area (Å²) in [5.74, 6) is 0.652. The highest BCUT2D eigenvalue weighted by Crippen LogP contribution is 2.63. The van der Waals surface area contributed by atoms with Crippen LogP contribution in [0.5, 0.6) is 11.5 Å². The van der Waals surface area contributed by atoms with Gasteiger partial charge in [-0.15, -0.1) is 0 Å². The second kappa shape index (κ2) is 15.2. The van der Waals surface area contributed by atoms with Crippen LogP contribution in [0.2, 0.25) is 0 Å². The summed E-state index contributed by atoms with van der Waals surface area (Å²) in [6, 6.07) is 14.4. The van der Waals surface area contributed by atoms with Gasteiger partial charge in [-0.05, 0) is 71.9 Å². The quantitative estimate of drug-likeness (QED) is 0.0645. The lowest BCUT2D eigenvalue weighted by Gasteiger charge is -2.24. The molecule has 190 valence electrons. The van der Waals surface area contributed by atoms with Crippen LogP contribution in [-0.4, -0.2) is 39.3 Å². The van der Waals surface area contributed by atoms with Crippen molar-refractivity contribution in [2.45, 2.75) is 5.78 Å². The first-order chi connectivity index (χ1) is 16.8. The van der Waals surface area contributed by atoms with E-state index in [2.05, 4.69) is 29.1 Å². The van der Waals surface area contributed by atoms with Gasteiger partial charge in [0.1, 0.15) is 25.8 Å². The summed E-state index contributed by atoms with van der Waals surface area (Å²) in [6.07, 6.45) is 1.68. The number of hydrogen-bond acceptors (Lipinski definition) is 9. The normalized spacial score (nSPS) is 14.4. The van der Waals surface area contributed by atoms with Gasteiger partial charge in [0, 0.05) is 26.2 Å². The predicted molar refractivity (Wildman–Crippen MR) is 153 cm³/mol. The van der Waals surface area contributed by atoms with E-state index in [1.165, 1.54) is 14.2 Å². The summed E-state index contributed by atoms with van der Waals surface area (Å²) in [7, 11) is 2.58. The zero-order chi connectivity index (χ0) is 25.8. The van der Waals surface area contributed by atoms with Crippen LogP contribution in [0.1, 0.15) is 16.9 Å². The fraction of sp³-hybridized carbons (Fsp3) is 0.278. The second-order valence-corrected chi connectivity index (χ2v) is 17.5. The van der Waals surface area contributed by atoms with E-state index in [1.807, 2.05) is 24.3 Å². The Kier molecular flexibility index (Phi) is 13.1. The number of hydrazone groups is 1. The molecule has 0 aliphatic carbocycles. The molecule has 1 N–H and O–H groups in total. The zero-order valence-electron chi connectivity index (χ0n) is 19.4. The van der Waals surface area contributed by atoms with Crippen molar-refractivity contribution in [1.29, 1.82) is 0 Å². The van der Waals surface area contributed by atoms with Gasteiger partial charge in [-0.3, -0.25) is 4.57 Å². The Morgan fingerprint density at radius 1 is 1.23 bits per heavy atom. The number of benzene rings is 2. The van der Waals surface area contributed by atoms with E-state index in [4.69, 9.17) is 35.4 Å². The first kappa shape index (κ1) is 30.1. The van der Waals surface area contributed by atoms with Gasteiger partial charge < -0.3 is 23.4 Å². The lowest BCUT2D eigenvalue weighted by Crippen LogP contribution is -2.18. The van der Waals surface area contributed by atoms with Gasteiger partial charge in [-0.1, -0.05) is 25.9 Å². The number of azide groups is 1. The minimum atomic E-state index is -3.34. The monoisotopic (exact) mass is 594 g/mol. The van der Waals surface area contributed by atoms with Gasteiger partial charge in [-0.2, -0.15) is 5.10 Å². The van der Waals surface area contributed by atoms with Crippen molar-refractivity contribution < 1.29 is 22.7 Å². The molecule has 5 atom stereocenters. The molecule has 0 bridgehead atoms. The maximum atomic E-state index is 12.7. The van der Waals surface area contributed by atoms with Crippen LogP contribution in [0.25, 0.3) is 10.4 Å². The number of rotatable bonds is 14. The molecule has 35 heavy (non-hydrogen) atoms. The number of nitrogens with zero attached hydrogens (tertiary/aromatic N) is 5. The fourth-order valence-corrected chi connectivity index (χ4v) is 7.03. The van der Waals surface area contributed by atoms with Gasteiger partial charge >= 0.3 is 7.60 Å². The van der Waals surface area contributed by atoms with E-state index in [0.29, 0.717) is 11.5 Å². The van der Waals surface area contributed by atoms with E-state index in [9.17, 15) is 4.57 Å². The Hall–Kier alpha value is -1.13. The zero-order valence-corrected chi connectivity index (χ0v) is 25.2. The predicted octanol–water partition coefficient (Wildman–Crippen LogP) is 6.63. The van der Waals surface area contributed by atoms with E-state index in [0.717, 1.165) is 11.1 Å². The number of hydrogen-bond donors (Lipinski definition) is 1. The molecule has 2 aromatic carbocycles. The summed E-state index contributed by atoms with van der Waals surface area (Å²) in [4.78, 5) is 6.38. The molecule has 2 aromatic rings. The first-order valence-corrected chi connectivity index (χ1v) is 18.6. The lowest BCUT2D eigenvalue weighted by atomic mass is 10.2. The van der Waals surface area contributed by atoms with Crippen molar-refractivity contribution in [2.75, 3.05) is 28.3 Å². The van der Waals surface area contributed by atoms with Gasteiger partial charge in [0.25, 0.3) is 0 Å². The van der Waals surface area contributed by atoms with Crippen molar-refractivity contribution in [3.05, 3.63) is 70.1 Å².